The van der Waals surface area contributed by atoms with E-state index in [0.717, 1.165) is 0 Å². The van der Waals surface area contributed by atoms with Crippen LogP contribution in [0, 0.1) is 11.3 Å². The Balaban J connectivity index is 2.82. The molecular weight excluding hydrogens is 245 g/mol. The van der Waals surface area contributed by atoms with Crippen LogP contribution in [0.1, 0.15) is 38.1 Å². The summed E-state index contributed by atoms with van der Waals surface area (Å²) in [5.41, 5.74) is -0.238. The van der Waals surface area contributed by atoms with Crippen molar-refractivity contribution in [3.8, 4) is 6.07 Å². The van der Waals surface area contributed by atoms with Gasteiger partial charge in [0.25, 0.3) is 0 Å². The zero-order valence-electron chi connectivity index (χ0n) is 11.2. The predicted octanol–water partition coefficient (Wildman–Crippen LogP) is 3.47. The number of carbonyl (C=O) groups is 1. The van der Waals surface area contributed by atoms with Gasteiger partial charge in [-0.05, 0) is 38.5 Å². The Morgan fingerprint density at radius 2 is 1.89 bits per heavy atom. The molecule has 0 amide bonds. The summed E-state index contributed by atoms with van der Waals surface area (Å²) in [7, 11) is 0. The van der Waals surface area contributed by atoms with E-state index in [-0.39, 0.29) is 11.1 Å². The van der Waals surface area contributed by atoms with Crippen molar-refractivity contribution in [1.82, 2.24) is 0 Å². The Kier molecular flexibility index (Phi) is 4.44. The van der Waals surface area contributed by atoms with Gasteiger partial charge in [0, 0.05) is 0 Å². The number of nitriles is 1. The van der Waals surface area contributed by atoms with E-state index in [9.17, 15) is 9.18 Å². The Morgan fingerprint density at radius 3 is 2.32 bits per heavy atom. The van der Waals surface area contributed by atoms with Gasteiger partial charge in [0.15, 0.2) is 6.17 Å². The van der Waals surface area contributed by atoms with Gasteiger partial charge < -0.3 is 4.74 Å². The normalized spacial score (nSPS) is 12.4. The van der Waals surface area contributed by atoms with Crippen molar-refractivity contribution < 1.29 is 13.9 Å². The number of esters is 1. The van der Waals surface area contributed by atoms with Crippen molar-refractivity contribution in [3.05, 3.63) is 47.5 Å². The van der Waals surface area contributed by atoms with E-state index in [4.69, 9.17) is 10.00 Å². The minimum Gasteiger partial charge on any atom is -0.457 e. The molecule has 100 valence electrons. The van der Waals surface area contributed by atoms with Crippen molar-refractivity contribution in [2.75, 3.05) is 0 Å². The molecule has 0 fully saturated rings. The van der Waals surface area contributed by atoms with Crippen LogP contribution in [0.2, 0.25) is 0 Å². The predicted molar refractivity (Wildman–Crippen MR) is 70.0 cm³/mol. The van der Waals surface area contributed by atoms with E-state index < -0.39 is 17.7 Å². The summed E-state index contributed by atoms with van der Waals surface area (Å²) < 4.78 is 19.2. The van der Waals surface area contributed by atoms with Crippen LogP contribution in [-0.4, -0.2) is 11.6 Å². The maximum atomic E-state index is 14.1. The van der Waals surface area contributed by atoms with Crippen molar-refractivity contribution in [1.29, 1.82) is 5.26 Å². The molecule has 0 radical (unpaired) electrons. The van der Waals surface area contributed by atoms with Crippen LogP contribution in [0.25, 0.3) is 0 Å². The zero-order valence-corrected chi connectivity index (χ0v) is 11.2. The highest BCUT2D eigenvalue weighted by Gasteiger charge is 2.25. The van der Waals surface area contributed by atoms with Gasteiger partial charge >= 0.3 is 5.97 Å². The Hall–Kier alpha value is -2.15. The maximum absolute atomic E-state index is 14.1. The summed E-state index contributed by atoms with van der Waals surface area (Å²) in [5, 5.41) is 8.66. The molecule has 1 rings (SSSR count). The van der Waals surface area contributed by atoms with E-state index in [2.05, 4.69) is 6.58 Å². The summed E-state index contributed by atoms with van der Waals surface area (Å²) in [4.78, 5) is 11.7. The van der Waals surface area contributed by atoms with Crippen LogP contribution in [-0.2, 0) is 9.53 Å². The van der Waals surface area contributed by atoms with Gasteiger partial charge in [0.2, 0.25) is 0 Å². The molecule has 0 bridgehead atoms. The molecule has 1 unspecified atom stereocenters. The molecule has 0 saturated heterocycles. The monoisotopic (exact) mass is 261 g/mol. The highest BCUT2D eigenvalue weighted by Crippen LogP contribution is 2.27. The lowest BCUT2D eigenvalue weighted by Crippen LogP contribution is -2.25. The fourth-order valence-electron chi connectivity index (χ4n) is 1.37. The van der Waals surface area contributed by atoms with Gasteiger partial charge in [0.05, 0.1) is 17.2 Å². The third kappa shape index (κ3) is 4.22. The Bertz CT molecular complexity index is 521. The second-order valence-corrected chi connectivity index (χ2v) is 5.12. The SMILES string of the molecule is C=C(C(=O)OC(C)(C)C)C(F)c1ccc(C#N)cc1. The summed E-state index contributed by atoms with van der Waals surface area (Å²) in [5.74, 6) is -0.760. The number of nitrogens with zero attached hydrogens (tertiary/aromatic N) is 1. The van der Waals surface area contributed by atoms with E-state index in [1.54, 1.807) is 20.8 Å². The number of ether oxygens (including phenoxy) is 1. The molecule has 1 aromatic rings. The van der Waals surface area contributed by atoms with Crippen LogP contribution in [0.15, 0.2) is 36.4 Å². The molecule has 0 aliphatic rings. The Labute approximate surface area is 112 Å². The van der Waals surface area contributed by atoms with Crippen molar-refractivity contribution in [2.45, 2.75) is 32.5 Å². The number of hydrogen-bond acceptors (Lipinski definition) is 3. The standard InChI is InChI=1S/C15H16FNO2/c1-10(14(18)19-15(2,3)4)13(16)12-7-5-11(9-17)6-8-12/h5-8,13H,1H2,2-4H3. The zero-order chi connectivity index (χ0) is 14.6. The highest BCUT2D eigenvalue weighted by atomic mass is 19.1. The molecule has 19 heavy (non-hydrogen) atoms. The fraction of sp³-hybridized carbons (Fsp3) is 0.333. The number of alkyl halides is 1. The van der Waals surface area contributed by atoms with E-state index in [1.165, 1.54) is 24.3 Å². The largest absolute Gasteiger partial charge is 0.457 e. The second-order valence-electron chi connectivity index (χ2n) is 5.12. The van der Waals surface area contributed by atoms with E-state index in [0.29, 0.717) is 5.56 Å². The van der Waals surface area contributed by atoms with Crippen LogP contribution in [0.4, 0.5) is 4.39 Å². The smallest absolute Gasteiger partial charge is 0.337 e. The van der Waals surface area contributed by atoms with Crippen molar-refractivity contribution >= 4 is 5.97 Å². The average molecular weight is 261 g/mol. The number of benzene rings is 1. The molecule has 4 heteroatoms. The number of rotatable bonds is 3. The molecule has 1 aromatic carbocycles. The molecule has 0 aliphatic heterocycles. The van der Waals surface area contributed by atoms with Crippen LogP contribution in [0.5, 0.6) is 0 Å². The first-order chi connectivity index (χ1) is 8.74. The average Bonchev–Trinajstić information content (AvgIpc) is 2.35. The molecule has 0 heterocycles. The van der Waals surface area contributed by atoms with Crippen LogP contribution < -0.4 is 0 Å². The highest BCUT2D eigenvalue weighted by molar-refractivity contribution is 5.89. The van der Waals surface area contributed by atoms with Gasteiger partial charge in [0.1, 0.15) is 5.60 Å². The first kappa shape index (κ1) is 14.9. The second kappa shape index (κ2) is 5.66. The minimum absolute atomic E-state index is 0.250. The number of hydrogen-bond donors (Lipinski definition) is 0. The molecule has 1 atom stereocenters. The fourth-order valence-corrected chi connectivity index (χ4v) is 1.37. The van der Waals surface area contributed by atoms with Crippen LogP contribution >= 0.6 is 0 Å². The number of carbonyl (C=O) groups excluding carboxylic acids is 1. The summed E-state index contributed by atoms with van der Waals surface area (Å²) in [6.07, 6.45) is -1.64. The maximum Gasteiger partial charge on any atom is 0.337 e. The van der Waals surface area contributed by atoms with Crippen molar-refractivity contribution in [2.24, 2.45) is 0 Å². The summed E-state index contributed by atoms with van der Waals surface area (Å²) >= 11 is 0. The van der Waals surface area contributed by atoms with Gasteiger partial charge in [-0.2, -0.15) is 5.26 Å². The molecular formula is C15H16FNO2. The molecule has 0 spiro atoms. The Morgan fingerprint density at radius 1 is 1.37 bits per heavy atom. The lowest BCUT2D eigenvalue weighted by atomic mass is 10.0. The van der Waals surface area contributed by atoms with Gasteiger partial charge in [-0.15, -0.1) is 0 Å². The molecule has 0 saturated carbocycles. The first-order valence-electron chi connectivity index (χ1n) is 5.81. The third-order valence-corrected chi connectivity index (χ3v) is 2.30. The van der Waals surface area contributed by atoms with Gasteiger partial charge in [-0.25, -0.2) is 9.18 Å². The van der Waals surface area contributed by atoms with Crippen LogP contribution in [0.3, 0.4) is 0 Å². The molecule has 3 nitrogen and oxygen atoms in total. The molecule has 0 N–H and O–H groups in total. The minimum atomic E-state index is -1.64. The van der Waals surface area contributed by atoms with Gasteiger partial charge in [-0.1, -0.05) is 18.7 Å². The third-order valence-electron chi connectivity index (χ3n) is 2.30. The van der Waals surface area contributed by atoms with E-state index in [1.807, 2.05) is 6.07 Å². The van der Waals surface area contributed by atoms with Crippen molar-refractivity contribution in [3.63, 3.8) is 0 Å². The molecule has 0 aromatic heterocycles. The quantitative estimate of drug-likeness (QED) is 0.618. The molecule has 0 aliphatic carbocycles. The summed E-state index contributed by atoms with van der Waals surface area (Å²) in [6, 6.07) is 7.83. The topological polar surface area (TPSA) is 50.1 Å². The first-order valence-corrected chi connectivity index (χ1v) is 5.81. The van der Waals surface area contributed by atoms with E-state index >= 15 is 0 Å². The summed E-state index contributed by atoms with van der Waals surface area (Å²) in [6.45, 7) is 8.55. The van der Waals surface area contributed by atoms with Gasteiger partial charge in [-0.3, -0.25) is 0 Å². The number of halogens is 1. The lowest BCUT2D eigenvalue weighted by molar-refractivity contribution is -0.150. The lowest BCUT2D eigenvalue weighted by Gasteiger charge is -2.21.